The summed E-state index contributed by atoms with van der Waals surface area (Å²) in [6.45, 7) is 2.33. The van der Waals surface area contributed by atoms with Gasteiger partial charge in [-0.3, -0.25) is 9.67 Å². The highest BCUT2D eigenvalue weighted by Gasteiger charge is 2.20. The lowest BCUT2D eigenvalue weighted by Crippen LogP contribution is -2.37. The molecule has 2 aromatic heterocycles. The average molecular weight is 329 g/mol. The Balaban J connectivity index is 1.52. The van der Waals surface area contributed by atoms with E-state index in [4.69, 9.17) is 4.74 Å². The van der Waals surface area contributed by atoms with Crippen LogP contribution in [0.4, 0.5) is 4.79 Å². The van der Waals surface area contributed by atoms with E-state index in [1.807, 2.05) is 19.3 Å². The predicted molar refractivity (Wildman–Crippen MR) is 90.3 cm³/mol. The van der Waals surface area contributed by atoms with Crippen LogP contribution < -0.4 is 5.32 Å². The van der Waals surface area contributed by atoms with Gasteiger partial charge in [0.2, 0.25) is 0 Å². The van der Waals surface area contributed by atoms with Crippen molar-refractivity contribution < 1.29 is 9.53 Å². The molecule has 1 aliphatic rings. The molecule has 1 aliphatic heterocycles. The number of alkyl carbamates (subject to hydrolysis) is 1. The van der Waals surface area contributed by atoms with E-state index in [-0.39, 0.29) is 12.2 Å². The number of piperidine rings is 1. The zero-order valence-corrected chi connectivity index (χ0v) is 14.1. The largest absolute Gasteiger partial charge is 0.446 e. The molecule has 0 atom stereocenters. The van der Waals surface area contributed by atoms with Crippen LogP contribution in [0.25, 0.3) is 11.1 Å². The van der Waals surface area contributed by atoms with Crippen LogP contribution in [0.5, 0.6) is 0 Å². The van der Waals surface area contributed by atoms with Crippen molar-refractivity contribution in [1.82, 2.24) is 25.0 Å². The molecule has 24 heavy (non-hydrogen) atoms. The van der Waals surface area contributed by atoms with E-state index in [0.29, 0.717) is 6.54 Å². The summed E-state index contributed by atoms with van der Waals surface area (Å²) < 4.78 is 7.22. The predicted octanol–water partition coefficient (Wildman–Crippen LogP) is 1.80. The summed E-state index contributed by atoms with van der Waals surface area (Å²) in [7, 11) is 3.96. The molecule has 0 spiro atoms. The van der Waals surface area contributed by atoms with Crippen LogP contribution in [0.1, 0.15) is 18.4 Å². The topological polar surface area (TPSA) is 72.3 Å². The minimum absolute atomic E-state index is 0.0149. The van der Waals surface area contributed by atoms with E-state index >= 15 is 0 Å². The third-order valence-corrected chi connectivity index (χ3v) is 4.21. The molecule has 7 nitrogen and oxygen atoms in total. The number of nitrogens with zero attached hydrogens (tertiary/aromatic N) is 4. The van der Waals surface area contributed by atoms with Crippen LogP contribution >= 0.6 is 0 Å². The molecule has 128 valence electrons. The number of pyridine rings is 1. The van der Waals surface area contributed by atoms with E-state index in [9.17, 15) is 4.79 Å². The van der Waals surface area contributed by atoms with Crippen LogP contribution in [0.15, 0.2) is 30.9 Å². The maximum atomic E-state index is 11.9. The first-order valence-corrected chi connectivity index (χ1v) is 8.16. The molecule has 0 aromatic carbocycles. The maximum Gasteiger partial charge on any atom is 0.407 e. The number of likely N-dealkylation sites (tertiary alicyclic amines) is 1. The molecule has 1 saturated heterocycles. The lowest BCUT2D eigenvalue weighted by atomic mass is 10.1. The van der Waals surface area contributed by atoms with E-state index in [0.717, 1.165) is 42.6 Å². The Bertz CT molecular complexity index is 692. The third-order valence-electron chi connectivity index (χ3n) is 4.21. The third kappa shape index (κ3) is 4.32. The molecule has 3 rings (SSSR count). The fourth-order valence-corrected chi connectivity index (χ4v) is 2.78. The Morgan fingerprint density at radius 1 is 1.25 bits per heavy atom. The van der Waals surface area contributed by atoms with Crippen molar-refractivity contribution in [3.63, 3.8) is 0 Å². The second-order valence-corrected chi connectivity index (χ2v) is 6.25. The molecule has 0 radical (unpaired) electrons. The van der Waals surface area contributed by atoms with Crippen molar-refractivity contribution in [3.05, 3.63) is 36.4 Å². The van der Waals surface area contributed by atoms with Gasteiger partial charge in [0, 0.05) is 56.4 Å². The van der Waals surface area contributed by atoms with Crippen LogP contribution in [-0.2, 0) is 18.3 Å². The van der Waals surface area contributed by atoms with Gasteiger partial charge in [-0.15, -0.1) is 0 Å². The molecule has 1 N–H and O–H groups in total. The number of aryl methyl sites for hydroxylation is 1. The van der Waals surface area contributed by atoms with E-state index in [1.54, 1.807) is 23.3 Å². The molecule has 7 heteroatoms. The van der Waals surface area contributed by atoms with Gasteiger partial charge in [0.15, 0.2) is 0 Å². The first-order valence-electron chi connectivity index (χ1n) is 8.16. The smallest absolute Gasteiger partial charge is 0.407 e. The van der Waals surface area contributed by atoms with Crippen LogP contribution in [0, 0.1) is 0 Å². The quantitative estimate of drug-likeness (QED) is 0.926. The molecule has 0 saturated carbocycles. The van der Waals surface area contributed by atoms with Crippen molar-refractivity contribution in [2.45, 2.75) is 25.5 Å². The van der Waals surface area contributed by atoms with Crippen molar-refractivity contribution in [2.75, 3.05) is 20.1 Å². The van der Waals surface area contributed by atoms with Crippen molar-refractivity contribution >= 4 is 6.09 Å². The highest BCUT2D eigenvalue weighted by molar-refractivity contribution is 5.67. The lowest BCUT2D eigenvalue weighted by Gasteiger charge is -2.28. The fourth-order valence-electron chi connectivity index (χ4n) is 2.78. The molecule has 0 unspecified atom stereocenters. The van der Waals surface area contributed by atoms with Crippen LogP contribution in [-0.4, -0.2) is 52.0 Å². The summed E-state index contributed by atoms with van der Waals surface area (Å²) in [4.78, 5) is 18.4. The van der Waals surface area contributed by atoms with Gasteiger partial charge in [0.1, 0.15) is 6.10 Å². The lowest BCUT2D eigenvalue weighted by molar-refractivity contribution is 0.0569. The Morgan fingerprint density at radius 3 is 2.75 bits per heavy atom. The summed E-state index contributed by atoms with van der Waals surface area (Å²) in [5, 5.41) is 6.97. The molecule has 0 bridgehead atoms. The number of hydrogen-bond donors (Lipinski definition) is 1. The number of hydrogen-bond acceptors (Lipinski definition) is 5. The van der Waals surface area contributed by atoms with Gasteiger partial charge >= 0.3 is 6.09 Å². The number of rotatable bonds is 4. The van der Waals surface area contributed by atoms with Gasteiger partial charge in [0.25, 0.3) is 0 Å². The Labute approximate surface area is 141 Å². The van der Waals surface area contributed by atoms with Gasteiger partial charge < -0.3 is 15.0 Å². The SMILES string of the molecule is CN1CCC(OC(=O)NCc2cncc(-c3cnn(C)c3)c2)CC1. The molecule has 1 amide bonds. The number of carbonyl (C=O) groups is 1. The molecular formula is C17H23N5O2. The highest BCUT2D eigenvalue weighted by Crippen LogP contribution is 2.18. The average Bonchev–Trinajstić information content (AvgIpc) is 3.02. The summed E-state index contributed by atoms with van der Waals surface area (Å²) in [6, 6.07) is 2.00. The molecule has 0 aliphatic carbocycles. The number of aromatic nitrogens is 3. The minimum Gasteiger partial charge on any atom is -0.446 e. The molecular weight excluding hydrogens is 306 g/mol. The Hall–Kier alpha value is -2.41. The molecule has 1 fully saturated rings. The van der Waals surface area contributed by atoms with Gasteiger partial charge in [0.05, 0.1) is 6.20 Å². The highest BCUT2D eigenvalue weighted by atomic mass is 16.6. The second kappa shape index (κ2) is 7.44. The van der Waals surface area contributed by atoms with Crippen molar-refractivity contribution in [2.24, 2.45) is 7.05 Å². The van der Waals surface area contributed by atoms with Crippen LogP contribution in [0.2, 0.25) is 0 Å². The second-order valence-electron chi connectivity index (χ2n) is 6.25. The van der Waals surface area contributed by atoms with Gasteiger partial charge in [-0.2, -0.15) is 5.10 Å². The van der Waals surface area contributed by atoms with Gasteiger partial charge in [-0.25, -0.2) is 4.79 Å². The van der Waals surface area contributed by atoms with Crippen molar-refractivity contribution in [1.29, 1.82) is 0 Å². The first kappa shape index (κ1) is 16.4. The van der Waals surface area contributed by atoms with Gasteiger partial charge in [-0.1, -0.05) is 0 Å². The maximum absolute atomic E-state index is 11.9. The number of ether oxygens (including phenoxy) is 1. The van der Waals surface area contributed by atoms with E-state index < -0.39 is 0 Å². The van der Waals surface area contributed by atoms with Crippen LogP contribution in [0.3, 0.4) is 0 Å². The van der Waals surface area contributed by atoms with Crippen molar-refractivity contribution in [3.8, 4) is 11.1 Å². The minimum atomic E-state index is -0.365. The number of carbonyl (C=O) groups excluding carboxylic acids is 1. The standard InChI is InChI=1S/C17H23N5O2/c1-21-5-3-16(4-6-21)24-17(23)19-9-13-7-14(10-18-8-13)15-11-20-22(2)12-15/h7-8,10-12,16H,3-6,9H2,1-2H3,(H,19,23). The summed E-state index contributed by atoms with van der Waals surface area (Å²) in [6.07, 6.45) is 8.69. The molecule has 2 aromatic rings. The normalized spacial score (nSPS) is 16.1. The molecule has 3 heterocycles. The summed E-state index contributed by atoms with van der Waals surface area (Å²) >= 11 is 0. The zero-order chi connectivity index (χ0) is 16.9. The Kier molecular flexibility index (Phi) is 5.10. The summed E-state index contributed by atoms with van der Waals surface area (Å²) in [5.41, 5.74) is 2.91. The van der Waals surface area contributed by atoms with E-state index in [2.05, 4.69) is 27.3 Å². The number of nitrogens with one attached hydrogen (secondary N) is 1. The Morgan fingerprint density at radius 2 is 2.04 bits per heavy atom. The summed E-state index contributed by atoms with van der Waals surface area (Å²) in [5.74, 6) is 0. The van der Waals surface area contributed by atoms with E-state index in [1.165, 1.54) is 0 Å². The van der Waals surface area contributed by atoms with Gasteiger partial charge in [-0.05, 0) is 31.5 Å². The fraction of sp³-hybridized carbons (Fsp3) is 0.471. The first-order chi connectivity index (χ1) is 11.6. The zero-order valence-electron chi connectivity index (χ0n) is 14.1. The monoisotopic (exact) mass is 329 g/mol. The number of amides is 1.